The minimum atomic E-state index is -0.00423. The van der Waals surface area contributed by atoms with Crippen molar-refractivity contribution in [3.8, 4) is 0 Å². The second-order valence-electron chi connectivity index (χ2n) is 4.21. The average Bonchev–Trinajstić information content (AvgIpc) is 2.50. The Morgan fingerprint density at radius 3 is 2.75 bits per heavy atom. The second-order valence-corrected chi connectivity index (χ2v) is 4.21. The molecule has 0 spiro atoms. The number of hydrogen-bond acceptors (Lipinski definition) is 6. The standard InChI is InChI=1S/C13H22N4O3/c1-19-8-3-6-17(7-9-20-2)11-4-5-15-12(10-11)13(14)16-18/h4-5,10,18H,3,6-9H2,1-2H3,(H2,14,16). The molecule has 0 aromatic carbocycles. The fraction of sp³-hybridized carbons (Fsp3) is 0.538. The van der Waals surface area contributed by atoms with Crippen LogP contribution in [0.2, 0.25) is 0 Å². The van der Waals surface area contributed by atoms with Gasteiger partial charge in [-0.1, -0.05) is 5.16 Å². The van der Waals surface area contributed by atoms with Gasteiger partial charge in [-0.2, -0.15) is 0 Å². The molecule has 1 heterocycles. The summed E-state index contributed by atoms with van der Waals surface area (Å²) in [6.07, 6.45) is 2.54. The van der Waals surface area contributed by atoms with Gasteiger partial charge in [-0.05, 0) is 18.6 Å². The Bertz CT molecular complexity index is 426. The smallest absolute Gasteiger partial charge is 0.188 e. The van der Waals surface area contributed by atoms with Crippen molar-refractivity contribution in [3.05, 3.63) is 24.0 Å². The molecule has 0 radical (unpaired) electrons. The molecule has 112 valence electrons. The van der Waals surface area contributed by atoms with Gasteiger partial charge in [-0.3, -0.25) is 4.98 Å². The summed E-state index contributed by atoms with van der Waals surface area (Å²) in [6, 6.07) is 3.67. The molecule has 1 aromatic heterocycles. The first-order chi connectivity index (χ1) is 9.72. The molecule has 1 rings (SSSR count). The van der Waals surface area contributed by atoms with Crippen molar-refractivity contribution in [3.63, 3.8) is 0 Å². The van der Waals surface area contributed by atoms with Gasteiger partial charge in [-0.15, -0.1) is 0 Å². The third kappa shape index (κ3) is 5.02. The van der Waals surface area contributed by atoms with Gasteiger partial charge in [0, 0.05) is 45.8 Å². The van der Waals surface area contributed by atoms with Crippen molar-refractivity contribution in [2.45, 2.75) is 6.42 Å². The Kier molecular flexibility index (Phi) is 7.38. The van der Waals surface area contributed by atoms with Crippen molar-refractivity contribution in [2.75, 3.05) is 45.4 Å². The first-order valence-electron chi connectivity index (χ1n) is 6.39. The fourth-order valence-corrected chi connectivity index (χ4v) is 1.78. The molecule has 0 unspecified atom stereocenters. The van der Waals surface area contributed by atoms with Crippen LogP contribution < -0.4 is 10.6 Å². The lowest BCUT2D eigenvalue weighted by Gasteiger charge is -2.24. The largest absolute Gasteiger partial charge is 0.409 e. The Balaban J connectivity index is 2.82. The summed E-state index contributed by atoms with van der Waals surface area (Å²) < 4.78 is 10.2. The number of ether oxygens (including phenoxy) is 2. The Morgan fingerprint density at radius 1 is 1.35 bits per heavy atom. The van der Waals surface area contributed by atoms with E-state index in [0.29, 0.717) is 18.9 Å². The van der Waals surface area contributed by atoms with Crippen LogP contribution in [0.4, 0.5) is 5.69 Å². The van der Waals surface area contributed by atoms with E-state index in [0.717, 1.165) is 25.2 Å². The highest BCUT2D eigenvalue weighted by atomic mass is 16.5. The van der Waals surface area contributed by atoms with Crippen LogP contribution in [0.15, 0.2) is 23.5 Å². The van der Waals surface area contributed by atoms with Crippen LogP contribution in [0, 0.1) is 0 Å². The number of pyridine rings is 1. The van der Waals surface area contributed by atoms with Gasteiger partial charge < -0.3 is 25.3 Å². The summed E-state index contributed by atoms with van der Waals surface area (Å²) >= 11 is 0. The lowest BCUT2D eigenvalue weighted by atomic mass is 10.2. The van der Waals surface area contributed by atoms with E-state index in [1.54, 1.807) is 26.5 Å². The minimum absolute atomic E-state index is 0.00423. The van der Waals surface area contributed by atoms with Crippen LogP contribution in [0.5, 0.6) is 0 Å². The molecule has 0 bridgehead atoms. The van der Waals surface area contributed by atoms with Crippen molar-refractivity contribution in [2.24, 2.45) is 10.9 Å². The Labute approximate surface area is 119 Å². The summed E-state index contributed by atoms with van der Waals surface area (Å²) in [5, 5.41) is 11.7. The molecular formula is C13H22N4O3. The van der Waals surface area contributed by atoms with Crippen molar-refractivity contribution in [1.82, 2.24) is 4.98 Å². The number of rotatable bonds is 9. The van der Waals surface area contributed by atoms with E-state index in [4.69, 9.17) is 20.4 Å². The second kappa shape index (κ2) is 9.11. The number of nitrogens with zero attached hydrogens (tertiary/aromatic N) is 3. The molecule has 1 aromatic rings. The van der Waals surface area contributed by atoms with E-state index in [2.05, 4.69) is 15.0 Å². The summed E-state index contributed by atoms with van der Waals surface area (Å²) in [5.41, 5.74) is 6.96. The monoisotopic (exact) mass is 282 g/mol. The highest BCUT2D eigenvalue weighted by Gasteiger charge is 2.09. The molecule has 3 N–H and O–H groups in total. The zero-order valence-electron chi connectivity index (χ0n) is 12.0. The minimum Gasteiger partial charge on any atom is -0.409 e. The Hall–Kier alpha value is -1.86. The van der Waals surface area contributed by atoms with E-state index >= 15 is 0 Å². The fourth-order valence-electron chi connectivity index (χ4n) is 1.78. The lowest BCUT2D eigenvalue weighted by molar-refractivity contribution is 0.191. The van der Waals surface area contributed by atoms with Crippen LogP contribution in [-0.4, -0.2) is 56.5 Å². The zero-order valence-corrected chi connectivity index (χ0v) is 12.0. The lowest BCUT2D eigenvalue weighted by Crippen LogP contribution is -2.29. The van der Waals surface area contributed by atoms with E-state index in [1.807, 2.05) is 6.07 Å². The van der Waals surface area contributed by atoms with Gasteiger partial charge in [0.2, 0.25) is 0 Å². The quantitative estimate of drug-likeness (QED) is 0.227. The van der Waals surface area contributed by atoms with Gasteiger partial charge in [-0.25, -0.2) is 0 Å². The van der Waals surface area contributed by atoms with Gasteiger partial charge in [0.05, 0.1) is 6.61 Å². The maximum absolute atomic E-state index is 8.71. The zero-order chi connectivity index (χ0) is 14.8. The van der Waals surface area contributed by atoms with Gasteiger partial charge in [0.1, 0.15) is 5.69 Å². The summed E-state index contributed by atoms with van der Waals surface area (Å²) in [5.74, 6) is -0.00423. The van der Waals surface area contributed by atoms with Gasteiger partial charge >= 0.3 is 0 Å². The van der Waals surface area contributed by atoms with Crippen LogP contribution in [0.3, 0.4) is 0 Å². The van der Waals surface area contributed by atoms with Gasteiger partial charge in [0.25, 0.3) is 0 Å². The van der Waals surface area contributed by atoms with E-state index in [1.165, 1.54) is 0 Å². The molecule has 0 aliphatic rings. The molecule has 20 heavy (non-hydrogen) atoms. The predicted molar refractivity (Wildman–Crippen MR) is 77.3 cm³/mol. The topological polar surface area (TPSA) is 93.2 Å². The van der Waals surface area contributed by atoms with E-state index in [9.17, 15) is 0 Å². The molecule has 0 amide bonds. The first-order valence-corrected chi connectivity index (χ1v) is 6.39. The number of anilines is 1. The number of oxime groups is 1. The molecule has 7 heteroatoms. The van der Waals surface area contributed by atoms with Crippen LogP contribution in [-0.2, 0) is 9.47 Å². The Morgan fingerprint density at radius 2 is 2.10 bits per heavy atom. The van der Waals surface area contributed by atoms with Crippen molar-refractivity contribution in [1.29, 1.82) is 0 Å². The number of amidine groups is 1. The summed E-state index contributed by atoms with van der Waals surface area (Å²) in [7, 11) is 3.35. The molecule has 0 fully saturated rings. The van der Waals surface area contributed by atoms with Crippen LogP contribution in [0.1, 0.15) is 12.1 Å². The number of methoxy groups -OCH3 is 2. The highest BCUT2D eigenvalue weighted by Crippen LogP contribution is 2.15. The summed E-state index contributed by atoms with van der Waals surface area (Å²) in [4.78, 5) is 6.22. The number of aromatic nitrogens is 1. The molecule has 0 aliphatic carbocycles. The SMILES string of the molecule is COCCCN(CCOC)c1ccnc(C(N)=NO)c1. The third-order valence-corrected chi connectivity index (χ3v) is 2.82. The molecule has 0 aliphatic heterocycles. The van der Waals surface area contributed by atoms with E-state index < -0.39 is 0 Å². The highest BCUT2D eigenvalue weighted by molar-refractivity contribution is 5.95. The predicted octanol–water partition coefficient (Wildman–Crippen LogP) is 0.665. The van der Waals surface area contributed by atoms with Gasteiger partial charge in [0.15, 0.2) is 5.84 Å². The van der Waals surface area contributed by atoms with E-state index in [-0.39, 0.29) is 5.84 Å². The molecular weight excluding hydrogens is 260 g/mol. The van der Waals surface area contributed by atoms with Crippen molar-refractivity contribution < 1.29 is 14.7 Å². The molecule has 0 atom stereocenters. The molecule has 0 saturated heterocycles. The average molecular weight is 282 g/mol. The molecule has 0 saturated carbocycles. The van der Waals surface area contributed by atoms with Crippen molar-refractivity contribution >= 4 is 11.5 Å². The van der Waals surface area contributed by atoms with Crippen LogP contribution in [0.25, 0.3) is 0 Å². The first kappa shape index (κ1) is 16.2. The van der Waals surface area contributed by atoms with Crippen LogP contribution >= 0.6 is 0 Å². The molecule has 7 nitrogen and oxygen atoms in total. The number of nitrogens with two attached hydrogens (primary N) is 1. The number of hydrogen-bond donors (Lipinski definition) is 2. The normalized spacial score (nSPS) is 11.6. The third-order valence-electron chi connectivity index (χ3n) is 2.82. The summed E-state index contributed by atoms with van der Waals surface area (Å²) in [6.45, 7) is 2.90. The maximum Gasteiger partial charge on any atom is 0.188 e. The maximum atomic E-state index is 8.71.